The van der Waals surface area contributed by atoms with E-state index in [1.807, 2.05) is 57.2 Å². The van der Waals surface area contributed by atoms with Gasteiger partial charge in [0.1, 0.15) is 29.8 Å². The van der Waals surface area contributed by atoms with Crippen LogP contribution in [0.15, 0.2) is 102 Å². The third-order valence-corrected chi connectivity index (χ3v) is 10.1. The normalized spacial score (nSPS) is 12.4. The number of nitrogens with zero attached hydrogens (tertiary/aromatic N) is 2. The second-order valence-electron chi connectivity index (χ2n) is 11.8. The zero-order valence-corrected chi connectivity index (χ0v) is 29.7. The predicted octanol–water partition coefficient (Wildman–Crippen LogP) is 5.77. The SMILES string of the molecule is CCC(C)NC(=O)C(Cc1ccccc1)N(Cc1cccc(OC)c1)C(=O)CN(c1cc(OC)ccc1OC)S(=O)(=O)c1ccc(C)cc1. The first-order valence-electron chi connectivity index (χ1n) is 16.1. The molecule has 10 nitrogen and oxygen atoms in total. The number of benzene rings is 4. The number of carbonyl (C=O) groups is 2. The van der Waals surface area contributed by atoms with E-state index in [4.69, 9.17) is 14.2 Å². The zero-order chi connectivity index (χ0) is 35.6. The van der Waals surface area contributed by atoms with E-state index in [2.05, 4.69) is 5.32 Å². The molecule has 11 heteroatoms. The Labute approximate surface area is 289 Å². The number of sulfonamides is 1. The van der Waals surface area contributed by atoms with Crippen LogP contribution in [-0.4, -0.2) is 65.1 Å². The van der Waals surface area contributed by atoms with Gasteiger partial charge in [-0.1, -0.05) is 67.1 Å². The molecule has 0 saturated carbocycles. The summed E-state index contributed by atoms with van der Waals surface area (Å²) in [5, 5.41) is 3.05. The highest BCUT2D eigenvalue weighted by Crippen LogP contribution is 2.36. The summed E-state index contributed by atoms with van der Waals surface area (Å²) in [6.07, 6.45) is 0.887. The van der Waals surface area contributed by atoms with Crippen LogP contribution in [0, 0.1) is 6.92 Å². The van der Waals surface area contributed by atoms with Crippen LogP contribution in [0.5, 0.6) is 17.2 Å². The molecule has 0 radical (unpaired) electrons. The molecule has 2 unspecified atom stereocenters. The summed E-state index contributed by atoms with van der Waals surface area (Å²) in [4.78, 5) is 30.3. The van der Waals surface area contributed by atoms with Crippen LogP contribution in [0.2, 0.25) is 0 Å². The maximum atomic E-state index is 14.8. The predicted molar refractivity (Wildman–Crippen MR) is 191 cm³/mol. The lowest BCUT2D eigenvalue weighted by Gasteiger charge is -2.34. The molecule has 0 aromatic heterocycles. The molecule has 0 aliphatic rings. The number of hydrogen-bond donors (Lipinski definition) is 1. The minimum Gasteiger partial charge on any atom is -0.497 e. The van der Waals surface area contributed by atoms with E-state index in [-0.39, 0.29) is 41.2 Å². The largest absolute Gasteiger partial charge is 0.497 e. The summed E-state index contributed by atoms with van der Waals surface area (Å²) in [5.41, 5.74) is 2.53. The van der Waals surface area contributed by atoms with Crippen molar-refractivity contribution < 1.29 is 32.2 Å². The molecule has 0 fully saturated rings. The number of amides is 2. The van der Waals surface area contributed by atoms with Crippen molar-refractivity contribution in [3.63, 3.8) is 0 Å². The van der Waals surface area contributed by atoms with Crippen molar-refractivity contribution >= 4 is 27.5 Å². The van der Waals surface area contributed by atoms with Gasteiger partial charge in [-0.3, -0.25) is 13.9 Å². The summed E-state index contributed by atoms with van der Waals surface area (Å²) in [6.45, 7) is 5.10. The molecule has 0 aliphatic heterocycles. The molecular formula is C38H45N3O7S. The second-order valence-corrected chi connectivity index (χ2v) is 13.6. The first-order valence-corrected chi connectivity index (χ1v) is 17.5. The first kappa shape index (κ1) is 36.8. The van der Waals surface area contributed by atoms with E-state index in [9.17, 15) is 18.0 Å². The topological polar surface area (TPSA) is 114 Å². The lowest BCUT2D eigenvalue weighted by Crippen LogP contribution is -2.54. The average molecular weight is 688 g/mol. The average Bonchev–Trinajstić information content (AvgIpc) is 3.12. The molecule has 0 bridgehead atoms. The van der Waals surface area contributed by atoms with E-state index in [1.165, 1.54) is 37.3 Å². The van der Waals surface area contributed by atoms with Crippen LogP contribution in [-0.2, 0) is 32.6 Å². The molecule has 0 heterocycles. The summed E-state index contributed by atoms with van der Waals surface area (Å²) in [5.74, 6) is 0.234. The van der Waals surface area contributed by atoms with Crippen molar-refractivity contribution in [3.05, 3.63) is 114 Å². The van der Waals surface area contributed by atoms with E-state index in [0.29, 0.717) is 23.5 Å². The maximum Gasteiger partial charge on any atom is 0.264 e. The van der Waals surface area contributed by atoms with Crippen molar-refractivity contribution in [1.82, 2.24) is 10.2 Å². The molecular weight excluding hydrogens is 642 g/mol. The van der Waals surface area contributed by atoms with Gasteiger partial charge in [0, 0.05) is 25.1 Å². The molecule has 1 N–H and O–H groups in total. The van der Waals surface area contributed by atoms with Gasteiger partial charge in [0.2, 0.25) is 11.8 Å². The Balaban J connectivity index is 1.88. The van der Waals surface area contributed by atoms with E-state index in [1.54, 1.807) is 49.6 Å². The molecule has 260 valence electrons. The fraction of sp³-hybridized carbons (Fsp3) is 0.316. The lowest BCUT2D eigenvalue weighted by molar-refractivity contribution is -0.140. The number of nitrogens with one attached hydrogen (secondary N) is 1. The van der Waals surface area contributed by atoms with Gasteiger partial charge < -0.3 is 24.4 Å². The number of rotatable bonds is 16. The smallest absolute Gasteiger partial charge is 0.264 e. The van der Waals surface area contributed by atoms with Crippen molar-refractivity contribution in [2.75, 3.05) is 32.2 Å². The standard InChI is InChI=1S/C38H45N3O7S/c1-7-28(3)39-38(43)35(23-29-12-9-8-10-13-29)40(25-30-14-11-15-31(22-30)46-4)37(42)26-41(34-24-32(47-5)18-21-36(34)48-6)49(44,45)33-19-16-27(2)17-20-33/h8-22,24,28,35H,7,23,25-26H2,1-6H3,(H,39,43). The summed E-state index contributed by atoms with van der Waals surface area (Å²) >= 11 is 0. The minimum absolute atomic E-state index is 0.00883. The van der Waals surface area contributed by atoms with Gasteiger partial charge in [-0.2, -0.15) is 0 Å². The molecule has 4 aromatic carbocycles. The van der Waals surface area contributed by atoms with Crippen LogP contribution < -0.4 is 23.8 Å². The van der Waals surface area contributed by atoms with Gasteiger partial charge in [-0.05, 0) is 67.8 Å². The van der Waals surface area contributed by atoms with Crippen molar-refractivity contribution in [2.24, 2.45) is 0 Å². The number of aryl methyl sites for hydroxylation is 1. The molecule has 2 atom stereocenters. The maximum absolute atomic E-state index is 14.8. The quantitative estimate of drug-likeness (QED) is 0.159. The van der Waals surface area contributed by atoms with E-state index >= 15 is 0 Å². The van der Waals surface area contributed by atoms with Gasteiger partial charge in [-0.25, -0.2) is 8.42 Å². The highest BCUT2D eigenvalue weighted by atomic mass is 32.2. The Kier molecular flexibility index (Phi) is 12.7. The summed E-state index contributed by atoms with van der Waals surface area (Å²) in [7, 11) is 0.105. The second kappa shape index (κ2) is 16.9. The highest BCUT2D eigenvalue weighted by Gasteiger charge is 2.36. The molecule has 0 aliphatic carbocycles. The van der Waals surface area contributed by atoms with Gasteiger partial charge in [-0.15, -0.1) is 0 Å². The zero-order valence-electron chi connectivity index (χ0n) is 28.9. The monoisotopic (exact) mass is 687 g/mol. The molecule has 4 rings (SSSR count). The number of anilines is 1. The Morgan fingerprint density at radius 3 is 2.08 bits per heavy atom. The minimum atomic E-state index is -4.34. The summed E-state index contributed by atoms with van der Waals surface area (Å²) < 4.78 is 46.4. The van der Waals surface area contributed by atoms with Crippen molar-refractivity contribution in [2.45, 2.75) is 57.1 Å². The Morgan fingerprint density at radius 2 is 1.45 bits per heavy atom. The number of carbonyl (C=O) groups excluding carboxylic acids is 2. The van der Waals surface area contributed by atoms with Crippen LogP contribution in [0.1, 0.15) is 37.0 Å². The van der Waals surface area contributed by atoms with Gasteiger partial charge in [0.05, 0.1) is 31.9 Å². The lowest BCUT2D eigenvalue weighted by atomic mass is 10.0. The fourth-order valence-corrected chi connectivity index (χ4v) is 6.72. The van der Waals surface area contributed by atoms with Crippen LogP contribution in [0.25, 0.3) is 0 Å². The Bertz CT molecular complexity index is 1820. The van der Waals surface area contributed by atoms with E-state index < -0.39 is 28.5 Å². The fourth-order valence-electron chi connectivity index (χ4n) is 5.31. The molecule has 0 spiro atoms. The first-order chi connectivity index (χ1) is 23.5. The third-order valence-electron chi connectivity index (χ3n) is 8.30. The highest BCUT2D eigenvalue weighted by molar-refractivity contribution is 7.92. The number of hydrogen-bond acceptors (Lipinski definition) is 7. The third kappa shape index (κ3) is 9.32. The Hall–Kier alpha value is -5.03. The molecule has 0 saturated heterocycles. The number of methoxy groups -OCH3 is 3. The molecule has 2 amide bonds. The molecule has 4 aromatic rings. The van der Waals surface area contributed by atoms with Crippen molar-refractivity contribution in [1.29, 1.82) is 0 Å². The van der Waals surface area contributed by atoms with Gasteiger partial charge in [0.25, 0.3) is 10.0 Å². The van der Waals surface area contributed by atoms with Gasteiger partial charge in [0.15, 0.2) is 0 Å². The van der Waals surface area contributed by atoms with Crippen molar-refractivity contribution in [3.8, 4) is 17.2 Å². The molecule has 49 heavy (non-hydrogen) atoms. The van der Waals surface area contributed by atoms with Crippen LogP contribution in [0.3, 0.4) is 0 Å². The Morgan fingerprint density at radius 1 is 0.796 bits per heavy atom. The number of ether oxygens (including phenoxy) is 3. The van der Waals surface area contributed by atoms with Crippen LogP contribution >= 0.6 is 0 Å². The summed E-state index contributed by atoms with van der Waals surface area (Å²) in [6, 6.07) is 26.6. The van der Waals surface area contributed by atoms with Crippen LogP contribution in [0.4, 0.5) is 5.69 Å². The van der Waals surface area contributed by atoms with Gasteiger partial charge >= 0.3 is 0 Å². The van der Waals surface area contributed by atoms with E-state index in [0.717, 1.165) is 15.4 Å².